The molecule has 0 spiro atoms. The lowest BCUT2D eigenvalue weighted by molar-refractivity contribution is 0.244. The predicted octanol–water partition coefficient (Wildman–Crippen LogP) is 1.37. The van der Waals surface area contributed by atoms with Crippen LogP contribution in [-0.4, -0.2) is 24.7 Å². The third kappa shape index (κ3) is 3.11. The van der Waals surface area contributed by atoms with Gasteiger partial charge in [0.25, 0.3) is 0 Å². The van der Waals surface area contributed by atoms with Crippen LogP contribution in [0.1, 0.15) is 34.1 Å². The summed E-state index contributed by atoms with van der Waals surface area (Å²) < 4.78 is 0. The van der Waals surface area contributed by atoms with Crippen molar-refractivity contribution >= 4 is 0 Å². The molecule has 1 heterocycles. The molecule has 0 aromatic carbocycles. The molecule has 1 rings (SSSR count). The van der Waals surface area contributed by atoms with Crippen molar-refractivity contribution in [1.82, 2.24) is 10.6 Å². The third-order valence-corrected chi connectivity index (χ3v) is 2.45. The van der Waals surface area contributed by atoms with Gasteiger partial charge in [-0.15, -0.1) is 0 Å². The number of rotatable bonds is 1. The minimum atomic E-state index is 0.248. The number of piperidine rings is 1. The number of hydrogen-bond acceptors (Lipinski definition) is 2. The van der Waals surface area contributed by atoms with Gasteiger partial charge in [-0.1, -0.05) is 6.92 Å². The highest BCUT2D eigenvalue weighted by Gasteiger charge is 2.24. The fraction of sp³-hybridized carbons (Fsp3) is 1.00. The molecular weight excluding hydrogens is 148 g/mol. The van der Waals surface area contributed by atoms with E-state index in [9.17, 15) is 0 Å². The van der Waals surface area contributed by atoms with Crippen LogP contribution in [0.2, 0.25) is 0 Å². The normalized spacial score (nSPS) is 32.0. The van der Waals surface area contributed by atoms with Crippen molar-refractivity contribution < 1.29 is 0 Å². The van der Waals surface area contributed by atoms with Crippen LogP contribution < -0.4 is 10.6 Å². The first-order valence-electron chi connectivity index (χ1n) is 4.97. The molecule has 2 nitrogen and oxygen atoms in total. The summed E-state index contributed by atoms with van der Waals surface area (Å²) in [5.74, 6) is 0.811. The Bertz CT molecular complexity index is 137. The second-order valence-corrected chi connectivity index (χ2v) is 4.97. The van der Waals surface area contributed by atoms with Gasteiger partial charge in [-0.25, -0.2) is 0 Å². The van der Waals surface area contributed by atoms with Crippen molar-refractivity contribution in [2.45, 2.75) is 45.7 Å². The zero-order chi connectivity index (χ0) is 9.19. The van der Waals surface area contributed by atoms with Gasteiger partial charge in [-0.2, -0.15) is 0 Å². The second kappa shape index (κ2) is 3.75. The number of nitrogens with one attached hydrogen (secondary N) is 2. The number of hydrogen-bond donors (Lipinski definition) is 2. The van der Waals surface area contributed by atoms with Crippen molar-refractivity contribution in [3.63, 3.8) is 0 Å². The van der Waals surface area contributed by atoms with Crippen LogP contribution in [0.5, 0.6) is 0 Å². The van der Waals surface area contributed by atoms with Crippen molar-refractivity contribution in [3.8, 4) is 0 Å². The van der Waals surface area contributed by atoms with Crippen LogP contribution >= 0.6 is 0 Å². The molecular formula is C10H22N2. The Hall–Kier alpha value is -0.0800. The van der Waals surface area contributed by atoms with Crippen molar-refractivity contribution in [3.05, 3.63) is 0 Å². The van der Waals surface area contributed by atoms with Gasteiger partial charge in [0.05, 0.1) is 0 Å². The Kier molecular flexibility index (Phi) is 3.13. The van der Waals surface area contributed by atoms with E-state index in [1.54, 1.807) is 0 Å². The van der Waals surface area contributed by atoms with Crippen molar-refractivity contribution in [2.24, 2.45) is 5.92 Å². The van der Waals surface area contributed by atoms with Gasteiger partial charge in [0.15, 0.2) is 0 Å². The third-order valence-electron chi connectivity index (χ3n) is 2.45. The van der Waals surface area contributed by atoms with Gasteiger partial charge in [0.1, 0.15) is 0 Å². The Morgan fingerprint density at radius 1 is 1.33 bits per heavy atom. The van der Waals surface area contributed by atoms with Crippen LogP contribution in [0.25, 0.3) is 0 Å². The highest BCUT2D eigenvalue weighted by Crippen LogP contribution is 2.14. The van der Waals surface area contributed by atoms with Gasteiger partial charge in [-0.05, 0) is 39.7 Å². The summed E-state index contributed by atoms with van der Waals surface area (Å²) in [5, 5.41) is 7.07. The maximum Gasteiger partial charge on any atom is 0.0223 e. The zero-order valence-corrected chi connectivity index (χ0v) is 8.78. The molecule has 12 heavy (non-hydrogen) atoms. The van der Waals surface area contributed by atoms with E-state index >= 15 is 0 Å². The lowest BCUT2D eigenvalue weighted by Gasteiger charge is -2.35. The molecule has 0 amide bonds. The van der Waals surface area contributed by atoms with Gasteiger partial charge >= 0.3 is 0 Å². The Morgan fingerprint density at radius 3 is 2.50 bits per heavy atom. The summed E-state index contributed by atoms with van der Waals surface area (Å²) in [6, 6.07) is 0.652. The molecule has 2 N–H and O–H groups in total. The van der Waals surface area contributed by atoms with Gasteiger partial charge in [0, 0.05) is 18.1 Å². The smallest absolute Gasteiger partial charge is 0.0223 e. The van der Waals surface area contributed by atoms with E-state index in [-0.39, 0.29) is 5.54 Å². The first kappa shape index (κ1) is 10.0. The molecule has 2 unspecified atom stereocenters. The monoisotopic (exact) mass is 170 g/mol. The SMILES string of the molecule is CC1CCNCC1NC(C)(C)C. The van der Waals surface area contributed by atoms with E-state index < -0.39 is 0 Å². The molecule has 0 radical (unpaired) electrons. The molecule has 0 bridgehead atoms. The summed E-state index contributed by atoms with van der Waals surface area (Å²) in [6.45, 7) is 11.3. The van der Waals surface area contributed by atoms with Crippen molar-refractivity contribution in [2.75, 3.05) is 13.1 Å². The van der Waals surface area contributed by atoms with E-state index in [2.05, 4.69) is 38.3 Å². The molecule has 2 heteroatoms. The topological polar surface area (TPSA) is 24.1 Å². The molecule has 1 saturated heterocycles. The van der Waals surface area contributed by atoms with E-state index in [0.29, 0.717) is 6.04 Å². The molecule has 1 aliphatic rings. The van der Waals surface area contributed by atoms with E-state index in [4.69, 9.17) is 0 Å². The van der Waals surface area contributed by atoms with Gasteiger partial charge in [0.2, 0.25) is 0 Å². The molecule has 0 aliphatic carbocycles. The Labute approximate surface area is 76.1 Å². The molecule has 1 fully saturated rings. The summed E-state index contributed by atoms with van der Waals surface area (Å²) in [7, 11) is 0. The molecule has 0 aromatic rings. The van der Waals surface area contributed by atoms with Crippen LogP contribution in [-0.2, 0) is 0 Å². The average molecular weight is 170 g/mol. The van der Waals surface area contributed by atoms with Crippen LogP contribution in [0.3, 0.4) is 0 Å². The summed E-state index contributed by atoms with van der Waals surface area (Å²) in [5.41, 5.74) is 0.248. The Balaban J connectivity index is 2.39. The van der Waals surface area contributed by atoms with Gasteiger partial charge < -0.3 is 10.6 Å². The maximum absolute atomic E-state index is 3.65. The second-order valence-electron chi connectivity index (χ2n) is 4.97. The standard InChI is InChI=1S/C10H22N2/c1-8-5-6-11-7-9(8)12-10(2,3)4/h8-9,11-12H,5-7H2,1-4H3. The van der Waals surface area contributed by atoms with Crippen molar-refractivity contribution in [1.29, 1.82) is 0 Å². The Morgan fingerprint density at radius 2 is 2.00 bits per heavy atom. The highest BCUT2D eigenvalue weighted by atomic mass is 15.0. The predicted molar refractivity (Wildman–Crippen MR) is 53.3 cm³/mol. The van der Waals surface area contributed by atoms with Crippen LogP contribution in [0.4, 0.5) is 0 Å². The fourth-order valence-corrected chi connectivity index (χ4v) is 1.74. The van der Waals surface area contributed by atoms with E-state index in [0.717, 1.165) is 12.5 Å². The van der Waals surface area contributed by atoms with E-state index in [1.165, 1.54) is 13.0 Å². The minimum absolute atomic E-state index is 0.248. The van der Waals surface area contributed by atoms with E-state index in [1.807, 2.05) is 0 Å². The molecule has 1 aliphatic heterocycles. The lowest BCUT2D eigenvalue weighted by atomic mass is 9.92. The summed E-state index contributed by atoms with van der Waals surface area (Å²) in [6.07, 6.45) is 1.30. The molecule has 0 saturated carbocycles. The maximum atomic E-state index is 3.65. The fourth-order valence-electron chi connectivity index (χ4n) is 1.74. The zero-order valence-electron chi connectivity index (χ0n) is 8.78. The quantitative estimate of drug-likeness (QED) is 0.621. The highest BCUT2D eigenvalue weighted by molar-refractivity contribution is 4.85. The summed E-state index contributed by atoms with van der Waals surface area (Å²) in [4.78, 5) is 0. The largest absolute Gasteiger partial charge is 0.315 e. The average Bonchev–Trinajstić information content (AvgIpc) is 1.91. The molecule has 72 valence electrons. The lowest BCUT2D eigenvalue weighted by Crippen LogP contribution is -2.54. The first-order chi connectivity index (χ1) is 5.49. The summed E-state index contributed by atoms with van der Waals surface area (Å²) >= 11 is 0. The molecule has 0 aromatic heterocycles. The van der Waals surface area contributed by atoms with Gasteiger partial charge in [-0.3, -0.25) is 0 Å². The van der Waals surface area contributed by atoms with Crippen LogP contribution in [0.15, 0.2) is 0 Å². The first-order valence-corrected chi connectivity index (χ1v) is 4.97. The van der Waals surface area contributed by atoms with Crippen LogP contribution in [0, 0.1) is 5.92 Å². The minimum Gasteiger partial charge on any atom is -0.315 e. The molecule has 2 atom stereocenters.